The molecule has 3 aromatic rings. The van der Waals surface area contributed by atoms with Crippen molar-refractivity contribution in [2.75, 3.05) is 12.4 Å². The number of oxime groups is 1. The third-order valence-electron chi connectivity index (χ3n) is 5.25. The first-order valence-electron chi connectivity index (χ1n) is 10.4. The molecule has 0 aliphatic carbocycles. The predicted octanol–water partition coefficient (Wildman–Crippen LogP) is 5.74. The number of nitrogens with zero attached hydrogens (tertiary/aromatic N) is 1. The molecule has 0 amide bonds. The summed E-state index contributed by atoms with van der Waals surface area (Å²) in [6.07, 6.45) is 1.74. The molecule has 1 N–H and O–H groups in total. The highest BCUT2D eigenvalue weighted by atomic mass is 32.1. The molecule has 0 saturated carbocycles. The molecule has 1 aliphatic heterocycles. The number of benzene rings is 2. The highest BCUT2D eigenvalue weighted by molar-refractivity contribution is 7.14. The van der Waals surface area contributed by atoms with E-state index in [0.29, 0.717) is 24.8 Å². The summed E-state index contributed by atoms with van der Waals surface area (Å²) in [5.74, 6) is -0.194. The van der Waals surface area contributed by atoms with Gasteiger partial charge in [0.05, 0.1) is 23.3 Å². The third kappa shape index (κ3) is 5.23. The largest absolute Gasteiger partial charge is 0.465 e. The van der Waals surface area contributed by atoms with Crippen molar-refractivity contribution in [3.8, 4) is 0 Å². The fraction of sp³-hybridized carbons (Fsp3) is 0.240. The summed E-state index contributed by atoms with van der Waals surface area (Å²) >= 11 is 1.53. The second-order valence-electron chi connectivity index (χ2n) is 7.61. The number of carbonyl (C=O) groups is 2. The smallest absolute Gasteiger partial charge is 0.337 e. The summed E-state index contributed by atoms with van der Waals surface area (Å²) in [4.78, 5) is 31.4. The van der Waals surface area contributed by atoms with Gasteiger partial charge in [0.25, 0.3) is 0 Å². The number of carbonyl (C=O) groups excluding carboxylic acids is 2. The monoisotopic (exact) mass is 448 g/mol. The number of Topliss-reactive ketones (excluding diaryl/α,β-unsaturated/α-hetero) is 1. The molecule has 1 aromatic heterocycles. The molecule has 0 saturated heterocycles. The first-order valence-corrected chi connectivity index (χ1v) is 11.2. The Bertz CT molecular complexity index is 1130. The fourth-order valence-electron chi connectivity index (χ4n) is 3.47. The van der Waals surface area contributed by atoms with Crippen LogP contribution in [-0.4, -0.2) is 30.7 Å². The number of hydrogen-bond donors (Lipinski definition) is 1. The summed E-state index contributed by atoms with van der Waals surface area (Å²) in [6.45, 7) is 2.00. The Morgan fingerprint density at radius 2 is 1.75 bits per heavy atom. The molecule has 2 aromatic carbocycles. The van der Waals surface area contributed by atoms with Crippen LogP contribution >= 0.6 is 11.3 Å². The van der Waals surface area contributed by atoms with Crippen molar-refractivity contribution in [3.63, 3.8) is 0 Å². The Morgan fingerprint density at radius 3 is 2.38 bits per heavy atom. The van der Waals surface area contributed by atoms with Gasteiger partial charge in [0.15, 0.2) is 5.78 Å². The van der Waals surface area contributed by atoms with Gasteiger partial charge >= 0.3 is 5.97 Å². The summed E-state index contributed by atoms with van der Waals surface area (Å²) in [5, 5.41) is 7.54. The van der Waals surface area contributed by atoms with Crippen LogP contribution in [0.5, 0.6) is 0 Å². The molecule has 1 aliphatic rings. The zero-order valence-corrected chi connectivity index (χ0v) is 18.8. The summed E-state index contributed by atoms with van der Waals surface area (Å²) in [5.41, 5.74) is 4.20. The Kier molecular flexibility index (Phi) is 6.66. The number of ketones is 1. The lowest BCUT2D eigenvalue weighted by Gasteiger charge is -2.08. The van der Waals surface area contributed by atoms with Crippen LogP contribution in [-0.2, 0) is 9.57 Å². The van der Waals surface area contributed by atoms with Crippen molar-refractivity contribution in [2.45, 2.75) is 32.3 Å². The molecular formula is C25H24N2O4S. The number of thiophene rings is 1. The van der Waals surface area contributed by atoms with Crippen LogP contribution in [0.15, 0.2) is 65.8 Å². The zero-order valence-electron chi connectivity index (χ0n) is 18.0. The van der Waals surface area contributed by atoms with E-state index in [2.05, 4.69) is 10.5 Å². The van der Waals surface area contributed by atoms with E-state index in [0.717, 1.165) is 32.4 Å². The van der Waals surface area contributed by atoms with E-state index >= 15 is 0 Å². The minimum absolute atomic E-state index is 0.0684. The van der Waals surface area contributed by atoms with E-state index in [4.69, 9.17) is 9.57 Å². The van der Waals surface area contributed by atoms with Crippen LogP contribution in [0.25, 0.3) is 0 Å². The van der Waals surface area contributed by atoms with Crippen molar-refractivity contribution < 1.29 is 19.2 Å². The van der Waals surface area contributed by atoms with Crippen molar-refractivity contribution in [2.24, 2.45) is 5.16 Å². The summed E-state index contributed by atoms with van der Waals surface area (Å²) in [7, 11) is 1.36. The van der Waals surface area contributed by atoms with Crippen LogP contribution in [0.2, 0.25) is 0 Å². The molecule has 4 rings (SSSR count). The van der Waals surface area contributed by atoms with E-state index < -0.39 is 0 Å². The molecule has 0 bridgehead atoms. The number of rotatable bonds is 8. The average Bonchev–Trinajstić information content (AvgIpc) is 3.47. The Morgan fingerprint density at radius 1 is 1.06 bits per heavy atom. The normalized spacial score (nSPS) is 15.1. The predicted molar refractivity (Wildman–Crippen MR) is 126 cm³/mol. The lowest BCUT2D eigenvalue weighted by Crippen LogP contribution is -2.11. The number of ether oxygens (including phenoxy) is 1. The van der Waals surface area contributed by atoms with Gasteiger partial charge in [-0.3, -0.25) is 4.79 Å². The molecule has 1 unspecified atom stereocenters. The molecule has 164 valence electrons. The van der Waals surface area contributed by atoms with E-state index in [1.807, 2.05) is 55.5 Å². The van der Waals surface area contributed by atoms with E-state index in [1.165, 1.54) is 18.4 Å². The standard InChI is InChI=1S/C25H24N2O4S/c1-16-3-14-24(32-16)23(28)13-12-21-15-22(27-31-21)17-4-8-19(9-5-17)26-20-10-6-18(7-11-20)25(29)30-2/h3-11,14,21,26H,12-13,15H2,1-2H3. The van der Waals surface area contributed by atoms with Crippen LogP contribution in [0.1, 0.15) is 49.7 Å². The maximum absolute atomic E-state index is 12.3. The number of aryl methyl sites for hydroxylation is 1. The SMILES string of the molecule is COC(=O)c1ccc(Nc2ccc(C3=NOC(CCC(=O)c4ccc(C)s4)C3)cc2)cc1. The lowest BCUT2D eigenvalue weighted by molar-refractivity contribution is 0.0600. The van der Waals surface area contributed by atoms with E-state index in [9.17, 15) is 9.59 Å². The number of methoxy groups -OCH3 is 1. The van der Waals surface area contributed by atoms with E-state index in [1.54, 1.807) is 12.1 Å². The highest BCUT2D eigenvalue weighted by Crippen LogP contribution is 2.24. The van der Waals surface area contributed by atoms with Crippen LogP contribution in [0.3, 0.4) is 0 Å². The molecule has 0 spiro atoms. The highest BCUT2D eigenvalue weighted by Gasteiger charge is 2.23. The van der Waals surface area contributed by atoms with Crippen molar-refractivity contribution in [1.82, 2.24) is 0 Å². The molecule has 32 heavy (non-hydrogen) atoms. The maximum Gasteiger partial charge on any atom is 0.337 e. The van der Waals surface area contributed by atoms with E-state index in [-0.39, 0.29) is 17.9 Å². The van der Waals surface area contributed by atoms with Gasteiger partial charge in [-0.05, 0) is 67.4 Å². The first-order chi connectivity index (χ1) is 15.5. The zero-order chi connectivity index (χ0) is 22.5. The van der Waals surface area contributed by atoms with Gasteiger partial charge in [-0.1, -0.05) is 17.3 Å². The van der Waals surface area contributed by atoms with Crippen molar-refractivity contribution >= 4 is 40.2 Å². The average molecular weight is 449 g/mol. The van der Waals surface area contributed by atoms with Crippen LogP contribution in [0, 0.1) is 6.92 Å². The number of nitrogens with one attached hydrogen (secondary N) is 1. The molecular weight excluding hydrogens is 424 g/mol. The Hall–Kier alpha value is -3.45. The quantitative estimate of drug-likeness (QED) is 0.351. The van der Waals surface area contributed by atoms with Gasteiger partial charge in [-0.25, -0.2) is 4.79 Å². The minimum Gasteiger partial charge on any atom is -0.465 e. The Labute approximate surface area is 190 Å². The summed E-state index contributed by atoms with van der Waals surface area (Å²) in [6, 6.07) is 18.9. The van der Waals surface area contributed by atoms with Gasteiger partial charge in [0.2, 0.25) is 0 Å². The van der Waals surface area contributed by atoms with Crippen LogP contribution < -0.4 is 5.32 Å². The second-order valence-corrected chi connectivity index (χ2v) is 8.90. The summed E-state index contributed by atoms with van der Waals surface area (Å²) < 4.78 is 4.71. The van der Waals surface area contributed by atoms with Gasteiger partial charge in [-0.2, -0.15) is 0 Å². The molecule has 7 heteroatoms. The number of esters is 1. The maximum atomic E-state index is 12.3. The van der Waals surface area contributed by atoms with Crippen molar-refractivity contribution in [1.29, 1.82) is 0 Å². The van der Waals surface area contributed by atoms with Gasteiger partial charge in [0, 0.05) is 29.1 Å². The molecule has 0 radical (unpaired) electrons. The first kappa shape index (κ1) is 21.8. The molecule has 6 nitrogen and oxygen atoms in total. The van der Waals surface area contributed by atoms with Crippen LogP contribution in [0.4, 0.5) is 11.4 Å². The number of hydrogen-bond acceptors (Lipinski definition) is 7. The molecule has 2 heterocycles. The fourth-order valence-corrected chi connectivity index (χ4v) is 4.31. The number of anilines is 2. The topological polar surface area (TPSA) is 77.0 Å². The lowest BCUT2D eigenvalue weighted by atomic mass is 10.0. The van der Waals surface area contributed by atoms with Crippen molar-refractivity contribution in [3.05, 3.63) is 81.5 Å². The second kappa shape index (κ2) is 9.78. The van der Waals surface area contributed by atoms with Gasteiger partial charge in [-0.15, -0.1) is 11.3 Å². The molecule has 0 fully saturated rings. The minimum atomic E-state index is -0.357. The van der Waals surface area contributed by atoms with Gasteiger partial charge in [0.1, 0.15) is 6.10 Å². The Balaban J connectivity index is 1.28. The van der Waals surface area contributed by atoms with Gasteiger partial charge < -0.3 is 14.9 Å². The third-order valence-corrected chi connectivity index (χ3v) is 6.30. The molecule has 1 atom stereocenters.